The van der Waals surface area contributed by atoms with Crippen LogP contribution in [0.5, 0.6) is 11.5 Å². The largest absolute Gasteiger partial charge is 0.490 e. The summed E-state index contributed by atoms with van der Waals surface area (Å²) in [5.74, 6) is -0.268. The first-order valence-electron chi connectivity index (χ1n) is 11.3. The van der Waals surface area contributed by atoms with E-state index in [0.717, 1.165) is 11.1 Å². The monoisotopic (exact) mass is 634 g/mol. The zero-order valence-electron chi connectivity index (χ0n) is 20.2. The van der Waals surface area contributed by atoms with E-state index in [0.29, 0.717) is 48.4 Å². The molecule has 1 aliphatic rings. The maximum Gasteiger partial charge on any atom is 0.335 e. The molecular formula is C27H21BrCl2N2O5S. The van der Waals surface area contributed by atoms with Gasteiger partial charge in [0.25, 0.3) is 5.91 Å². The minimum atomic E-state index is -1.05. The second-order valence-corrected chi connectivity index (χ2v) is 10.7. The number of aliphatic imine (C=N–C) groups is 1. The van der Waals surface area contributed by atoms with Crippen LogP contribution in [0.1, 0.15) is 28.4 Å². The molecule has 196 valence electrons. The number of carboxylic acid groups (broad SMARTS) is 1. The number of carboxylic acids is 1. The Morgan fingerprint density at radius 2 is 1.95 bits per heavy atom. The predicted molar refractivity (Wildman–Crippen MR) is 155 cm³/mol. The molecule has 3 aromatic carbocycles. The van der Waals surface area contributed by atoms with Crippen LogP contribution in [0.2, 0.25) is 10.0 Å². The Morgan fingerprint density at radius 3 is 2.66 bits per heavy atom. The normalized spacial score (nSPS) is 15.4. The Hall–Kier alpha value is -2.98. The summed E-state index contributed by atoms with van der Waals surface area (Å²) < 4.78 is 12.5. The van der Waals surface area contributed by atoms with Gasteiger partial charge in [-0.1, -0.05) is 35.3 Å². The predicted octanol–water partition coefficient (Wildman–Crippen LogP) is 7.67. The number of hydrogen-bond acceptors (Lipinski definition) is 6. The van der Waals surface area contributed by atoms with Gasteiger partial charge in [0.1, 0.15) is 6.61 Å². The van der Waals surface area contributed by atoms with Gasteiger partial charge in [-0.15, -0.1) is 0 Å². The fourth-order valence-electron chi connectivity index (χ4n) is 3.48. The van der Waals surface area contributed by atoms with Crippen molar-refractivity contribution in [3.63, 3.8) is 0 Å². The number of hydrogen-bond donors (Lipinski definition) is 1. The molecule has 1 fully saturated rings. The number of carbonyl (C=O) groups excluding carboxylic acids is 1. The first-order chi connectivity index (χ1) is 18.2. The molecule has 38 heavy (non-hydrogen) atoms. The molecule has 4 rings (SSSR count). The molecule has 1 N–H and O–H groups in total. The number of amidine groups is 1. The van der Waals surface area contributed by atoms with Crippen molar-refractivity contribution < 1.29 is 24.2 Å². The van der Waals surface area contributed by atoms with E-state index < -0.39 is 5.97 Å². The highest BCUT2D eigenvalue weighted by molar-refractivity contribution is 9.10. The molecule has 0 spiro atoms. The Morgan fingerprint density at radius 1 is 1.16 bits per heavy atom. The van der Waals surface area contributed by atoms with Gasteiger partial charge in [-0.25, -0.2) is 9.79 Å². The van der Waals surface area contributed by atoms with Crippen molar-refractivity contribution in [2.24, 2.45) is 4.99 Å². The van der Waals surface area contributed by atoms with Gasteiger partial charge < -0.3 is 14.6 Å². The van der Waals surface area contributed by atoms with E-state index in [4.69, 9.17) is 32.7 Å². The summed E-state index contributed by atoms with van der Waals surface area (Å²) >= 11 is 17.0. The molecule has 0 bridgehead atoms. The van der Waals surface area contributed by atoms with Gasteiger partial charge in [0.05, 0.1) is 27.2 Å². The standard InChI is InChI=1S/C27H21BrCl2N2O5S/c1-3-36-22-10-15(9-20(28)24(22)37-14-17-7-8-18(29)13-21(17)30)11-23-25(33)32(2)27(38-23)31-19-6-4-5-16(12-19)26(34)35/h4-13H,3,14H2,1-2H3,(H,34,35). The maximum atomic E-state index is 12.9. The van der Waals surface area contributed by atoms with Crippen LogP contribution < -0.4 is 9.47 Å². The first-order valence-corrected chi connectivity index (χ1v) is 13.7. The van der Waals surface area contributed by atoms with E-state index in [2.05, 4.69) is 20.9 Å². The van der Waals surface area contributed by atoms with Gasteiger partial charge in [0.15, 0.2) is 16.7 Å². The van der Waals surface area contributed by atoms with Crippen LogP contribution in [-0.4, -0.2) is 40.7 Å². The SMILES string of the molecule is CCOc1cc(C=C2SC(=Nc3cccc(C(=O)O)c3)N(C)C2=O)cc(Br)c1OCc1ccc(Cl)cc1Cl. The van der Waals surface area contributed by atoms with E-state index in [1.54, 1.807) is 49.5 Å². The molecule has 0 aliphatic carbocycles. The lowest BCUT2D eigenvalue weighted by atomic mass is 10.1. The molecule has 0 unspecified atom stereocenters. The Balaban J connectivity index is 1.59. The smallest absolute Gasteiger partial charge is 0.335 e. The first kappa shape index (κ1) is 28.0. The number of aromatic carboxylic acids is 1. The quantitative estimate of drug-likeness (QED) is 0.256. The molecule has 7 nitrogen and oxygen atoms in total. The van der Waals surface area contributed by atoms with Crippen molar-refractivity contribution in [1.29, 1.82) is 0 Å². The van der Waals surface area contributed by atoms with Gasteiger partial charge in [-0.2, -0.15) is 0 Å². The fourth-order valence-corrected chi connectivity index (χ4v) is 5.51. The van der Waals surface area contributed by atoms with E-state index in [-0.39, 0.29) is 18.1 Å². The average Bonchev–Trinajstić information content (AvgIpc) is 3.12. The highest BCUT2D eigenvalue weighted by Crippen LogP contribution is 2.40. The number of ether oxygens (including phenoxy) is 2. The number of rotatable bonds is 8. The lowest BCUT2D eigenvalue weighted by Gasteiger charge is -2.15. The van der Waals surface area contributed by atoms with Crippen LogP contribution in [0.4, 0.5) is 5.69 Å². The second-order valence-electron chi connectivity index (χ2n) is 8.01. The van der Waals surface area contributed by atoms with Crippen LogP contribution >= 0.6 is 50.9 Å². The zero-order valence-corrected chi connectivity index (χ0v) is 24.1. The third-order valence-electron chi connectivity index (χ3n) is 5.34. The molecule has 1 amide bonds. The summed E-state index contributed by atoms with van der Waals surface area (Å²) in [6.45, 7) is 2.48. The maximum absolute atomic E-state index is 12.9. The number of thioether (sulfide) groups is 1. The second kappa shape index (κ2) is 12.3. The molecule has 0 saturated carbocycles. The molecule has 0 aromatic heterocycles. The van der Waals surface area contributed by atoms with Crippen molar-refractivity contribution in [3.8, 4) is 11.5 Å². The van der Waals surface area contributed by atoms with E-state index >= 15 is 0 Å². The third-order valence-corrected chi connectivity index (χ3v) is 7.57. The summed E-state index contributed by atoms with van der Waals surface area (Å²) in [7, 11) is 1.62. The average molecular weight is 636 g/mol. The van der Waals surface area contributed by atoms with Crippen LogP contribution in [0.25, 0.3) is 6.08 Å². The molecule has 1 heterocycles. The van der Waals surface area contributed by atoms with Gasteiger partial charge >= 0.3 is 5.97 Å². The molecule has 3 aromatic rings. The van der Waals surface area contributed by atoms with Crippen molar-refractivity contribution in [2.45, 2.75) is 13.5 Å². The minimum absolute atomic E-state index is 0.119. The van der Waals surface area contributed by atoms with E-state index in [1.165, 1.54) is 28.8 Å². The van der Waals surface area contributed by atoms with Gasteiger partial charge in [0.2, 0.25) is 0 Å². The van der Waals surface area contributed by atoms with Crippen molar-refractivity contribution in [2.75, 3.05) is 13.7 Å². The Labute approximate surface area is 242 Å². The summed E-state index contributed by atoms with van der Waals surface area (Å²) in [6.07, 6.45) is 1.74. The summed E-state index contributed by atoms with van der Waals surface area (Å²) in [5.41, 5.74) is 2.05. The topological polar surface area (TPSA) is 88.4 Å². The lowest BCUT2D eigenvalue weighted by molar-refractivity contribution is -0.121. The zero-order chi connectivity index (χ0) is 27.4. The molecule has 0 radical (unpaired) electrons. The number of nitrogens with zero attached hydrogens (tertiary/aromatic N) is 2. The van der Waals surface area contributed by atoms with Crippen molar-refractivity contribution >= 4 is 79.7 Å². The Kier molecular flexibility index (Phi) is 9.04. The fraction of sp³-hybridized carbons (Fsp3) is 0.148. The van der Waals surface area contributed by atoms with Crippen LogP contribution in [0, 0.1) is 0 Å². The van der Waals surface area contributed by atoms with E-state index in [9.17, 15) is 14.7 Å². The van der Waals surface area contributed by atoms with Gasteiger partial charge in [-0.3, -0.25) is 9.69 Å². The Bertz CT molecular complexity index is 1480. The molecular weight excluding hydrogens is 615 g/mol. The lowest BCUT2D eigenvalue weighted by Crippen LogP contribution is -2.23. The van der Waals surface area contributed by atoms with Gasteiger partial charge in [-0.05, 0) is 88.7 Å². The summed E-state index contributed by atoms with van der Waals surface area (Å²) in [6, 6.07) is 15.1. The highest BCUT2D eigenvalue weighted by atomic mass is 79.9. The number of carbonyl (C=O) groups is 2. The van der Waals surface area contributed by atoms with Crippen molar-refractivity contribution in [3.05, 3.63) is 90.7 Å². The third kappa shape index (κ3) is 6.53. The molecule has 1 aliphatic heterocycles. The van der Waals surface area contributed by atoms with Crippen LogP contribution in [-0.2, 0) is 11.4 Å². The summed E-state index contributed by atoms with van der Waals surface area (Å²) in [5, 5.41) is 10.7. The van der Waals surface area contributed by atoms with E-state index in [1.807, 2.05) is 13.0 Å². The van der Waals surface area contributed by atoms with Crippen molar-refractivity contribution in [1.82, 2.24) is 4.90 Å². The molecule has 11 heteroatoms. The minimum Gasteiger partial charge on any atom is -0.490 e. The van der Waals surface area contributed by atoms with Gasteiger partial charge in [0, 0.05) is 22.7 Å². The molecule has 1 saturated heterocycles. The summed E-state index contributed by atoms with van der Waals surface area (Å²) in [4.78, 5) is 30.6. The number of amides is 1. The number of benzene rings is 3. The number of likely N-dealkylation sites (N-methyl/N-ethyl adjacent to an activating group) is 1. The highest BCUT2D eigenvalue weighted by Gasteiger charge is 2.30. The molecule has 0 atom stereocenters. The number of halogens is 3. The van der Waals surface area contributed by atoms with Crippen LogP contribution in [0.3, 0.4) is 0 Å². The van der Waals surface area contributed by atoms with Crippen LogP contribution in [0.15, 0.2) is 69.0 Å².